The second-order valence-corrected chi connectivity index (χ2v) is 1.34. The molecule has 0 amide bonds. The first kappa shape index (κ1) is 6.18. The standard InChI is InChI=1S/C3H4INO/c4-6-3-1-2-5/h1,3H2. The summed E-state index contributed by atoms with van der Waals surface area (Å²) >= 11 is 1.76. The van der Waals surface area contributed by atoms with Crippen molar-refractivity contribution in [1.82, 2.24) is 0 Å². The van der Waals surface area contributed by atoms with Gasteiger partial charge in [0, 0.05) is 0 Å². The smallest absolute Gasteiger partial charge is 0.109 e. The number of nitrogens with zero attached hydrogens (tertiary/aromatic N) is 1. The summed E-state index contributed by atoms with van der Waals surface area (Å²) in [6.45, 7) is 0.539. The van der Waals surface area contributed by atoms with Gasteiger partial charge < -0.3 is 3.07 Å². The van der Waals surface area contributed by atoms with Gasteiger partial charge in [0.1, 0.15) is 23.0 Å². The van der Waals surface area contributed by atoms with Gasteiger partial charge in [-0.3, -0.25) is 0 Å². The van der Waals surface area contributed by atoms with Gasteiger partial charge in [0.15, 0.2) is 0 Å². The molecule has 0 aliphatic carbocycles. The zero-order valence-corrected chi connectivity index (χ0v) is 5.31. The molecule has 0 aromatic carbocycles. The van der Waals surface area contributed by atoms with Crippen LogP contribution in [0.25, 0.3) is 0 Å². The predicted molar refractivity (Wildman–Crippen MR) is 30.2 cm³/mol. The molecule has 3 heteroatoms. The van der Waals surface area contributed by atoms with Crippen LogP contribution in [0.2, 0.25) is 0 Å². The van der Waals surface area contributed by atoms with Crippen LogP contribution in [0.3, 0.4) is 0 Å². The van der Waals surface area contributed by atoms with Crippen LogP contribution < -0.4 is 0 Å². The highest BCUT2D eigenvalue weighted by atomic mass is 127. The lowest BCUT2D eigenvalue weighted by molar-refractivity contribution is 0.438. The van der Waals surface area contributed by atoms with Crippen molar-refractivity contribution in [3.05, 3.63) is 0 Å². The highest BCUT2D eigenvalue weighted by Gasteiger charge is 1.75. The second-order valence-electron chi connectivity index (χ2n) is 0.721. The molecule has 0 saturated heterocycles. The van der Waals surface area contributed by atoms with Crippen molar-refractivity contribution >= 4 is 23.0 Å². The van der Waals surface area contributed by atoms with E-state index in [0.29, 0.717) is 13.0 Å². The molecule has 0 aliphatic heterocycles. The zero-order chi connectivity index (χ0) is 4.83. The minimum Gasteiger partial charge on any atom is -0.315 e. The lowest BCUT2D eigenvalue weighted by Gasteiger charge is -1.79. The predicted octanol–water partition coefficient (Wildman–Crippen LogP) is 1.27. The Morgan fingerprint density at radius 1 is 1.83 bits per heavy atom. The summed E-state index contributed by atoms with van der Waals surface area (Å²) < 4.78 is 4.53. The van der Waals surface area contributed by atoms with E-state index in [1.807, 2.05) is 6.07 Å². The third-order valence-electron chi connectivity index (χ3n) is 0.291. The summed E-state index contributed by atoms with van der Waals surface area (Å²) in [5, 5.41) is 7.86. The van der Waals surface area contributed by atoms with Gasteiger partial charge in [-0.15, -0.1) is 0 Å². The highest BCUT2D eigenvalue weighted by molar-refractivity contribution is 14.1. The average molecular weight is 197 g/mol. The molecule has 0 N–H and O–H groups in total. The van der Waals surface area contributed by atoms with Gasteiger partial charge in [-0.1, -0.05) is 0 Å². The normalized spacial score (nSPS) is 7.33. The van der Waals surface area contributed by atoms with Crippen LogP contribution >= 0.6 is 23.0 Å². The first-order chi connectivity index (χ1) is 2.91. The average Bonchev–Trinajstić information content (AvgIpc) is 1.61. The maximum absolute atomic E-state index is 7.86. The molecule has 0 rings (SSSR count). The Morgan fingerprint density at radius 3 is 2.67 bits per heavy atom. The quantitative estimate of drug-likeness (QED) is 0.493. The Hall–Kier alpha value is 0.180. The summed E-state index contributed by atoms with van der Waals surface area (Å²) in [5.41, 5.74) is 0. The minimum absolute atomic E-state index is 0.489. The fourth-order valence-electron chi connectivity index (χ4n) is 0.0842. The van der Waals surface area contributed by atoms with E-state index >= 15 is 0 Å². The number of halogens is 1. The largest absolute Gasteiger partial charge is 0.315 e. The molecule has 0 aliphatic rings. The Morgan fingerprint density at radius 2 is 2.50 bits per heavy atom. The third-order valence-corrected chi connectivity index (χ3v) is 0.731. The molecular weight excluding hydrogens is 193 g/mol. The van der Waals surface area contributed by atoms with E-state index in [-0.39, 0.29) is 0 Å². The van der Waals surface area contributed by atoms with Gasteiger partial charge >= 0.3 is 0 Å². The molecule has 0 radical (unpaired) electrons. The highest BCUT2D eigenvalue weighted by Crippen LogP contribution is 1.85. The van der Waals surface area contributed by atoms with Crippen LogP contribution in [0.4, 0.5) is 0 Å². The van der Waals surface area contributed by atoms with Gasteiger partial charge in [0.2, 0.25) is 0 Å². The van der Waals surface area contributed by atoms with E-state index in [9.17, 15) is 0 Å². The maximum Gasteiger partial charge on any atom is 0.109 e. The van der Waals surface area contributed by atoms with Crippen LogP contribution in [-0.2, 0) is 3.07 Å². The van der Waals surface area contributed by atoms with E-state index in [1.165, 1.54) is 0 Å². The minimum atomic E-state index is 0.489. The molecule has 34 valence electrons. The van der Waals surface area contributed by atoms with Crippen molar-refractivity contribution in [2.45, 2.75) is 6.42 Å². The molecule has 0 heterocycles. The number of rotatable bonds is 2. The lowest BCUT2D eigenvalue weighted by atomic mass is 10.5. The van der Waals surface area contributed by atoms with E-state index in [2.05, 4.69) is 3.07 Å². The van der Waals surface area contributed by atoms with Gasteiger partial charge in [0.25, 0.3) is 0 Å². The van der Waals surface area contributed by atoms with Crippen LogP contribution in [0.5, 0.6) is 0 Å². The van der Waals surface area contributed by atoms with Gasteiger partial charge in [-0.2, -0.15) is 5.26 Å². The van der Waals surface area contributed by atoms with Crippen molar-refractivity contribution in [1.29, 1.82) is 5.26 Å². The molecule has 0 fully saturated rings. The van der Waals surface area contributed by atoms with E-state index in [0.717, 1.165) is 0 Å². The van der Waals surface area contributed by atoms with Crippen molar-refractivity contribution < 1.29 is 3.07 Å². The Labute approximate surface area is 50.8 Å². The topological polar surface area (TPSA) is 33.0 Å². The van der Waals surface area contributed by atoms with E-state index in [4.69, 9.17) is 5.26 Å². The van der Waals surface area contributed by atoms with Crippen LogP contribution in [0, 0.1) is 11.3 Å². The second kappa shape index (κ2) is 5.18. The molecule has 6 heavy (non-hydrogen) atoms. The summed E-state index contributed by atoms with van der Waals surface area (Å²) in [4.78, 5) is 0. The van der Waals surface area contributed by atoms with Gasteiger partial charge in [0.05, 0.1) is 19.1 Å². The number of hydrogen-bond donors (Lipinski definition) is 0. The SMILES string of the molecule is N#CCCOI. The first-order valence-corrected chi connectivity index (χ1v) is 2.40. The van der Waals surface area contributed by atoms with Crippen molar-refractivity contribution in [3.63, 3.8) is 0 Å². The third kappa shape index (κ3) is 4.18. The molecule has 2 nitrogen and oxygen atoms in total. The fourth-order valence-corrected chi connectivity index (χ4v) is 0.304. The van der Waals surface area contributed by atoms with Crippen LogP contribution in [0.1, 0.15) is 6.42 Å². The fraction of sp³-hybridized carbons (Fsp3) is 0.667. The monoisotopic (exact) mass is 197 g/mol. The van der Waals surface area contributed by atoms with Crippen molar-refractivity contribution in [2.75, 3.05) is 6.61 Å². The summed E-state index contributed by atoms with van der Waals surface area (Å²) in [7, 11) is 0. The Kier molecular flexibility index (Phi) is 5.34. The zero-order valence-electron chi connectivity index (χ0n) is 3.15. The van der Waals surface area contributed by atoms with Crippen molar-refractivity contribution in [3.8, 4) is 6.07 Å². The van der Waals surface area contributed by atoms with Crippen LogP contribution in [-0.4, -0.2) is 6.61 Å². The Bertz CT molecular complexity index is 58.3. The lowest BCUT2D eigenvalue weighted by Crippen LogP contribution is -1.76. The molecule has 0 saturated carbocycles. The molecular formula is C3H4INO. The molecule has 0 spiro atoms. The first-order valence-electron chi connectivity index (χ1n) is 1.52. The van der Waals surface area contributed by atoms with E-state index < -0.39 is 0 Å². The van der Waals surface area contributed by atoms with Gasteiger partial charge in [-0.05, 0) is 0 Å². The van der Waals surface area contributed by atoms with Gasteiger partial charge in [-0.25, -0.2) is 0 Å². The summed E-state index contributed by atoms with van der Waals surface area (Å²) in [6, 6.07) is 1.94. The molecule has 0 atom stereocenters. The molecule has 0 aromatic rings. The number of nitriles is 1. The Balaban J connectivity index is 2.54. The molecule has 0 unspecified atom stereocenters. The number of hydrogen-bond acceptors (Lipinski definition) is 2. The maximum atomic E-state index is 7.86. The molecule has 0 aromatic heterocycles. The molecule has 0 bridgehead atoms. The van der Waals surface area contributed by atoms with Crippen LogP contribution in [0.15, 0.2) is 0 Å². The summed E-state index contributed by atoms with van der Waals surface area (Å²) in [6.07, 6.45) is 0.489. The summed E-state index contributed by atoms with van der Waals surface area (Å²) in [5.74, 6) is 0. The van der Waals surface area contributed by atoms with E-state index in [1.54, 1.807) is 23.0 Å². The van der Waals surface area contributed by atoms with Crippen molar-refractivity contribution in [2.24, 2.45) is 0 Å².